The van der Waals surface area contributed by atoms with E-state index in [1.165, 1.54) is 12.0 Å². The average molecular weight is 244 g/mol. The van der Waals surface area contributed by atoms with E-state index < -0.39 is 0 Å². The van der Waals surface area contributed by atoms with Gasteiger partial charge in [0.15, 0.2) is 0 Å². The molecule has 0 spiro atoms. The van der Waals surface area contributed by atoms with Gasteiger partial charge < -0.3 is 10.6 Å². The highest BCUT2D eigenvalue weighted by Gasteiger charge is 2.04. The SMILES string of the molecule is CC(C)CCN(C)Cc1ccccc1C#CCN. The Bertz CT molecular complexity index is 413. The van der Waals surface area contributed by atoms with Crippen molar-refractivity contribution in [1.82, 2.24) is 4.90 Å². The van der Waals surface area contributed by atoms with Crippen molar-refractivity contribution in [3.8, 4) is 11.8 Å². The lowest BCUT2D eigenvalue weighted by molar-refractivity contribution is 0.303. The largest absolute Gasteiger partial charge is 0.320 e. The number of benzene rings is 1. The second kappa shape index (κ2) is 7.92. The molecule has 0 aliphatic carbocycles. The first kappa shape index (κ1) is 14.8. The first-order valence-electron chi connectivity index (χ1n) is 6.59. The minimum Gasteiger partial charge on any atom is -0.320 e. The van der Waals surface area contributed by atoms with Gasteiger partial charge in [-0.05, 0) is 37.6 Å². The second-order valence-corrected chi connectivity index (χ2v) is 5.08. The Morgan fingerprint density at radius 1 is 1.28 bits per heavy atom. The summed E-state index contributed by atoms with van der Waals surface area (Å²) in [5.74, 6) is 6.82. The Morgan fingerprint density at radius 3 is 2.67 bits per heavy atom. The zero-order valence-corrected chi connectivity index (χ0v) is 11.7. The van der Waals surface area contributed by atoms with Crippen LogP contribution in [0.2, 0.25) is 0 Å². The van der Waals surface area contributed by atoms with Crippen molar-refractivity contribution in [2.75, 3.05) is 20.1 Å². The number of hydrogen-bond donors (Lipinski definition) is 1. The summed E-state index contributed by atoms with van der Waals surface area (Å²) in [6.07, 6.45) is 1.23. The van der Waals surface area contributed by atoms with E-state index in [9.17, 15) is 0 Å². The molecular weight excluding hydrogens is 220 g/mol. The van der Waals surface area contributed by atoms with Gasteiger partial charge in [-0.25, -0.2) is 0 Å². The zero-order chi connectivity index (χ0) is 13.4. The van der Waals surface area contributed by atoms with Crippen LogP contribution in [-0.2, 0) is 6.54 Å². The van der Waals surface area contributed by atoms with Gasteiger partial charge in [0.1, 0.15) is 0 Å². The van der Waals surface area contributed by atoms with Crippen LogP contribution in [0.15, 0.2) is 24.3 Å². The molecule has 0 amide bonds. The number of nitrogens with zero attached hydrogens (tertiary/aromatic N) is 1. The van der Waals surface area contributed by atoms with Gasteiger partial charge in [-0.2, -0.15) is 0 Å². The normalized spacial score (nSPS) is 10.6. The maximum Gasteiger partial charge on any atom is 0.0555 e. The lowest BCUT2D eigenvalue weighted by Crippen LogP contribution is -2.20. The van der Waals surface area contributed by atoms with Crippen LogP contribution < -0.4 is 5.73 Å². The summed E-state index contributed by atoms with van der Waals surface area (Å²) in [5, 5.41) is 0. The van der Waals surface area contributed by atoms with E-state index in [0.29, 0.717) is 6.54 Å². The first-order chi connectivity index (χ1) is 8.63. The summed E-state index contributed by atoms with van der Waals surface area (Å²) >= 11 is 0. The standard InChI is InChI=1S/C16H24N2/c1-14(2)10-12-18(3)13-16-8-5-4-7-15(16)9-6-11-17/h4-5,7-8,14H,10-13,17H2,1-3H3. The number of nitrogens with two attached hydrogens (primary N) is 1. The van der Waals surface area contributed by atoms with E-state index in [0.717, 1.165) is 24.6 Å². The minimum absolute atomic E-state index is 0.414. The van der Waals surface area contributed by atoms with Crippen LogP contribution in [0.4, 0.5) is 0 Å². The first-order valence-corrected chi connectivity index (χ1v) is 6.59. The Morgan fingerprint density at radius 2 is 2.00 bits per heavy atom. The van der Waals surface area contributed by atoms with E-state index in [-0.39, 0.29) is 0 Å². The van der Waals surface area contributed by atoms with Crippen LogP contribution in [0.1, 0.15) is 31.4 Å². The molecule has 1 rings (SSSR count). The molecule has 0 aliphatic rings. The third kappa shape index (κ3) is 5.35. The van der Waals surface area contributed by atoms with Gasteiger partial charge >= 0.3 is 0 Å². The van der Waals surface area contributed by atoms with Crippen molar-refractivity contribution in [3.63, 3.8) is 0 Å². The average Bonchev–Trinajstić information content (AvgIpc) is 2.35. The van der Waals surface area contributed by atoms with Crippen LogP contribution >= 0.6 is 0 Å². The predicted octanol–water partition coefficient (Wildman–Crippen LogP) is 2.47. The molecule has 18 heavy (non-hydrogen) atoms. The van der Waals surface area contributed by atoms with Crippen molar-refractivity contribution in [2.45, 2.75) is 26.8 Å². The topological polar surface area (TPSA) is 29.3 Å². The Hall–Kier alpha value is -1.30. The van der Waals surface area contributed by atoms with E-state index in [1.807, 2.05) is 6.07 Å². The highest BCUT2D eigenvalue weighted by atomic mass is 15.1. The zero-order valence-electron chi connectivity index (χ0n) is 11.7. The molecule has 0 saturated carbocycles. The summed E-state index contributed by atoms with van der Waals surface area (Å²) in [4.78, 5) is 2.35. The number of rotatable bonds is 5. The van der Waals surface area contributed by atoms with Gasteiger partial charge in [0.2, 0.25) is 0 Å². The van der Waals surface area contributed by atoms with Crippen molar-refractivity contribution in [1.29, 1.82) is 0 Å². The Balaban J connectivity index is 2.65. The molecule has 0 radical (unpaired) electrons. The fourth-order valence-corrected chi connectivity index (χ4v) is 1.77. The third-order valence-corrected chi connectivity index (χ3v) is 2.87. The van der Waals surface area contributed by atoms with Crippen LogP contribution in [0.3, 0.4) is 0 Å². The molecule has 0 unspecified atom stereocenters. The van der Waals surface area contributed by atoms with Crippen molar-refractivity contribution >= 4 is 0 Å². The minimum atomic E-state index is 0.414. The quantitative estimate of drug-likeness (QED) is 0.806. The molecule has 1 aromatic carbocycles. The summed E-state index contributed by atoms with van der Waals surface area (Å²) in [6.45, 7) is 7.00. The molecule has 2 N–H and O–H groups in total. The van der Waals surface area contributed by atoms with Crippen LogP contribution in [0.5, 0.6) is 0 Å². The monoisotopic (exact) mass is 244 g/mol. The van der Waals surface area contributed by atoms with E-state index in [1.54, 1.807) is 0 Å². The molecule has 0 bridgehead atoms. The Labute approximate surface area is 111 Å². The van der Waals surface area contributed by atoms with E-state index in [2.05, 4.69) is 55.8 Å². The molecule has 0 saturated heterocycles. The van der Waals surface area contributed by atoms with Crippen molar-refractivity contribution < 1.29 is 0 Å². The van der Waals surface area contributed by atoms with Gasteiger partial charge in [-0.15, -0.1) is 0 Å². The summed E-state index contributed by atoms with van der Waals surface area (Å²) < 4.78 is 0. The van der Waals surface area contributed by atoms with Crippen LogP contribution in [0, 0.1) is 17.8 Å². The molecule has 0 aromatic heterocycles. The predicted molar refractivity (Wildman–Crippen MR) is 78.2 cm³/mol. The van der Waals surface area contributed by atoms with Crippen LogP contribution in [0.25, 0.3) is 0 Å². The van der Waals surface area contributed by atoms with Crippen molar-refractivity contribution in [2.24, 2.45) is 11.7 Å². The maximum atomic E-state index is 5.42. The van der Waals surface area contributed by atoms with Crippen LogP contribution in [-0.4, -0.2) is 25.0 Å². The van der Waals surface area contributed by atoms with Gasteiger partial charge in [-0.1, -0.05) is 43.9 Å². The molecular formula is C16H24N2. The molecule has 0 fully saturated rings. The fourth-order valence-electron chi connectivity index (χ4n) is 1.77. The number of hydrogen-bond acceptors (Lipinski definition) is 2. The fraction of sp³-hybridized carbons (Fsp3) is 0.500. The molecule has 2 nitrogen and oxygen atoms in total. The summed E-state index contributed by atoms with van der Waals surface area (Å²) in [6, 6.07) is 8.30. The summed E-state index contributed by atoms with van der Waals surface area (Å²) in [5.41, 5.74) is 7.80. The lowest BCUT2D eigenvalue weighted by Gasteiger charge is -2.18. The maximum absolute atomic E-state index is 5.42. The third-order valence-electron chi connectivity index (χ3n) is 2.87. The van der Waals surface area contributed by atoms with Gasteiger partial charge in [0.05, 0.1) is 6.54 Å². The molecule has 0 atom stereocenters. The van der Waals surface area contributed by atoms with Gasteiger partial charge in [0.25, 0.3) is 0 Å². The molecule has 0 heterocycles. The smallest absolute Gasteiger partial charge is 0.0555 e. The highest BCUT2D eigenvalue weighted by molar-refractivity contribution is 5.41. The molecule has 98 valence electrons. The highest BCUT2D eigenvalue weighted by Crippen LogP contribution is 2.11. The summed E-state index contributed by atoms with van der Waals surface area (Å²) in [7, 11) is 2.16. The van der Waals surface area contributed by atoms with Gasteiger partial charge in [0, 0.05) is 12.1 Å². The Kier molecular flexibility index (Phi) is 6.49. The molecule has 2 heteroatoms. The van der Waals surface area contributed by atoms with E-state index in [4.69, 9.17) is 5.73 Å². The molecule has 0 aliphatic heterocycles. The van der Waals surface area contributed by atoms with Gasteiger partial charge in [-0.3, -0.25) is 0 Å². The van der Waals surface area contributed by atoms with Crippen molar-refractivity contribution in [3.05, 3.63) is 35.4 Å². The molecule has 1 aromatic rings. The lowest BCUT2D eigenvalue weighted by atomic mass is 10.1. The second-order valence-electron chi connectivity index (χ2n) is 5.08. The van der Waals surface area contributed by atoms with E-state index >= 15 is 0 Å².